The number of aromatic nitrogens is 2. The fourth-order valence-corrected chi connectivity index (χ4v) is 3.54. The van der Waals surface area contributed by atoms with E-state index in [1.165, 1.54) is 7.11 Å². The number of nitrogens with one attached hydrogen (secondary N) is 1. The van der Waals surface area contributed by atoms with Crippen LogP contribution in [-0.2, 0) is 22.6 Å². The Morgan fingerprint density at radius 1 is 0.875 bits per heavy atom. The van der Waals surface area contributed by atoms with Crippen molar-refractivity contribution in [3.8, 4) is 17.1 Å². The maximum absolute atomic E-state index is 12.3. The van der Waals surface area contributed by atoms with Crippen molar-refractivity contribution in [1.82, 2.24) is 9.97 Å². The van der Waals surface area contributed by atoms with Crippen LogP contribution in [0.4, 0.5) is 5.82 Å². The maximum Gasteiger partial charge on any atom is 0.328 e. The lowest BCUT2D eigenvalue weighted by Crippen LogP contribution is -2.33. The topological polar surface area (TPSA) is 73.3 Å². The predicted octanol–water partition coefficient (Wildman–Crippen LogP) is 7.47. The largest absolute Gasteiger partial charge is 0.489 e. The number of ether oxygens (including phenoxy) is 2. The fraction of sp³-hybridized carbons (Fsp3) is 0.147. The zero-order valence-corrected chi connectivity index (χ0v) is 22.1. The highest BCUT2D eigenvalue weighted by Crippen LogP contribution is 2.21. The molecule has 0 spiro atoms. The first-order valence-electron chi connectivity index (χ1n) is 12.5. The number of benzene rings is 3. The molecule has 0 aliphatic carbocycles. The molecule has 3 aromatic carbocycles. The van der Waals surface area contributed by atoms with Crippen LogP contribution in [0.25, 0.3) is 11.4 Å². The van der Waals surface area contributed by atoms with Crippen molar-refractivity contribution in [3.63, 3.8) is 0 Å². The van der Waals surface area contributed by atoms with Crippen LogP contribution in [-0.4, -0.2) is 29.1 Å². The Morgan fingerprint density at radius 2 is 1.48 bits per heavy atom. The van der Waals surface area contributed by atoms with Crippen LogP contribution in [0.3, 0.4) is 0 Å². The number of carbonyl (C=O) groups is 1. The molecule has 6 nitrogen and oxygen atoms in total. The van der Waals surface area contributed by atoms with Gasteiger partial charge in [-0.1, -0.05) is 106 Å². The van der Waals surface area contributed by atoms with Crippen LogP contribution in [0.15, 0.2) is 135 Å². The Morgan fingerprint density at radius 3 is 2.05 bits per heavy atom. The number of allylic oxidation sites excluding steroid dienone is 4. The van der Waals surface area contributed by atoms with Gasteiger partial charge < -0.3 is 14.8 Å². The van der Waals surface area contributed by atoms with Gasteiger partial charge in [-0.2, -0.15) is 0 Å². The normalized spacial score (nSPS) is 10.7. The quantitative estimate of drug-likeness (QED) is 0.159. The van der Waals surface area contributed by atoms with E-state index in [1.54, 1.807) is 24.4 Å². The lowest BCUT2D eigenvalue weighted by molar-refractivity contribution is -0.141. The van der Waals surface area contributed by atoms with E-state index in [-0.39, 0.29) is 13.4 Å². The molecule has 0 saturated heterocycles. The monoisotopic (exact) mass is 535 g/mol. The molecule has 1 heterocycles. The predicted molar refractivity (Wildman–Crippen MR) is 164 cm³/mol. The summed E-state index contributed by atoms with van der Waals surface area (Å²) in [7, 11) is 1.38. The van der Waals surface area contributed by atoms with Crippen LogP contribution in [0.1, 0.15) is 18.6 Å². The van der Waals surface area contributed by atoms with E-state index in [2.05, 4.69) is 28.4 Å². The molecule has 0 bridgehead atoms. The smallest absolute Gasteiger partial charge is 0.328 e. The van der Waals surface area contributed by atoms with Crippen LogP contribution >= 0.6 is 0 Å². The molecule has 40 heavy (non-hydrogen) atoms. The molecule has 0 aliphatic heterocycles. The zero-order chi connectivity index (χ0) is 27.7. The molecule has 1 aromatic heterocycles. The Labute approximate surface area is 237 Å². The molecular weight excluding hydrogens is 498 g/mol. The third-order valence-corrected chi connectivity index (χ3v) is 5.49. The van der Waals surface area contributed by atoms with Gasteiger partial charge in [0, 0.05) is 18.2 Å². The summed E-state index contributed by atoms with van der Waals surface area (Å²) in [6.07, 6.45) is 9.23. The summed E-state index contributed by atoms with van der Waals surface area (Å²) in [6, 6.07) is 28.6. The van der Waals surface area contributed by atoms with Gasteiger partial charge in [0.2, 0.25) is 0 Å². The van der Waals surface area contributed by atoms with Crippen molar-refractivity contribution in [2.45, 2.75) is 26.5 Å². The van der Waals surface area contributed by atoms with Gasteiger partial charge in [-0.3, -0.25) is 0 Å². The second-order valence-electron chi connectivity index (χ2n) is 8.33. The Kier molecular flexibility index (Phi) is 13.7. The molecule has 4 aromatic rings. The minimum absolute atomic E-state index is 0. The van der Waals surface area contributed by atoms with Gasteiger partial charge in [0.05, 0.1) is 7.11 Å². The van der Waals surface area contributed by atoms with Gasteiger partial charge in [-0.25, -0.2) is 14.8 Å². The van der Waals surface area contributed by atoms with Gasteiger partial charge in [-0.15, -0.1) is 0 Å². The molecule has 0 fully saturated rings. The molecule has 1 unspecified atom stereocenters. The number of anilines is 1. The van der Waals surface area contributed by atoms with Gasteiger partial charge in [0.15, 0.2) is 5.82 Å². The van der Waals surface area contributed by atoms with Gasteiger partial charge in [0.1, 0.15) is 24.2 Å². The lowest BCUT2D eigenvalue weighted by Gasteiger charge is -2.17. The van der Waals surface area contributed by atoms with E-state index in [9.17, 15) is 4.79 Å². The highest BCUT2D eigenvalue weighted by atomic mass is 16.5. The molecule has 6 heteroatoms. The van der Waals surface area contributed by atoms with Crippen molar-refractivity contribution in [1.29, 1.82) is 0 Å². The number of hydrogen-bond donors (Lipinski definition) is 1. The number of esters is 1. The fourth-order valence-electron chi connectivity index (χ4n) is 3.54. The first-order chi connectivity index (χ1) is 19.1. The van der Waals surface area contributed by atoms with E-state index >= 15 is 0 Å². The van der Waals surface area contributed by atoms with Crippen LogP contribution in [0.5, 0.6) is 5.75 Å². The second kappa shape index (κ2) is 17.5. The third-order valence-electron chi connectivity index (χ3n) is 5.49. The highest BCUT2D eigenvalue weighted by Gasteiger charge is 2.20. The average Bonchev–Trinajstić information content (AvgIpc) is 3.00. The molecule has 0 amide bonds. The summed E-state index contributed by atoms with van der Waals surface area (Å²) in [4.78, 5) is 21.3. The first-order valence-corrected chi connectivity index (χ1v) is 12.5. The van der Waals surface area contributed by atoms with Crippen LogP contribution in [0, 0.1) is 0 Å². The molecular formula is C34H37N3O3. The molecule has 4 rings (SSSR count). The minimum Gasteiger partial charge on any atom is -0.489 e. The van der Waals surface area contributed by atoms with E-state index in [0.717, 1.165) is 22.4 Å². The van der Waals surface area contributed by atoms with E-state index in [1.807, 2.05) is 97.1 Å². The average molecular weight is 536 g/mol. The summed E-state index contributed by atoms with van der Waals surface area (Å²) in [5.74, 6) is 1.53. The van der Waals surface area contributed by atoms with Crippen LogP contribution < -0.4 is 10.1 Å². The second-order valence-corrected chi connectivity index (χ2v) is 8.33. The van der Waals surface area contributed by atoms with Gasteiger partial charge in [0.25, 0.3) is 0 Å². The Hall–Kier alpha value is -4.97. The number of hydrogen-bond acceptors (Lipinski definition) is 6. The van der Waals surface area contributed by atoms with Crippen molar-refractivity contribution in [3.05, 3.63) is 146 Å². The third kappa shape index (κ3) is 10.4. The Balaban J connectivity index is 0.000000723. The van der Waals surface area contributed by atoms with E-state index in [4.69, 9.17) is 9.47 Å². The van der Waals surface area contributed by atoms with Crippen molar-refractivity contribution < 1.29 is 14.3 Å². The molecule has 1 atom stereocenters. The summed E-state index contributed by atoms with van der Waals surface area (Å²) >= 11 is 0. The number of methoxy groups -OCH3 is 1. The number of carbonyl (C=O) groups excluding carboxylic acids is 1. The summed E-state index contributed by atoms with van der Waals surface area (Å²) in [5, 5.41) is 3.19. The van der Waals surface area contributed by atoms with Crippen molar-refractivity contribution in [2.24, 2.45) is 0 Å². The van der Waals surface area contributed by atoms with E-state index in [0.29, 0.717) is 24.7 Å². The standard InChI is InChI=1S/C27H25N3O3.C6H8.CH4/c1-32-27(31)24(18-20-8-4-2-5-9-20)29-25-16-17-28-26(30-25)22-12-14-23(15-13-22)33-19-21-10-6-3-7-11-21;1-3-5-6-4-2;/h2-17,24H,18-19H2,1H3,(H,28,29,30);3-6H,1-2H2;1H4/b;6-5-;. The summed E-state index contributed by atoms with van der Waals surface area (Å²) < 4.78 is 10.8. The minimum atomic E-state index is -0.561. The van der Waals surface area contributed by atoms with Crippen molar-refractivity contribution in [2.75, 3.05) is 12.4 Å². The van der Waals surface area contributed by atoms with E-state index < -0.39 is 6.04 Å². The van der Waals surface area contributed by atoms with Crippen LogP contribution in [0.2, 0.25) is 0 Å². The Bertz CT molecular complexity index is 1330. The highest BCUT2D eigenvalue weighted by molar-refractivity contribution is 5.79. The maximum atomic E-state index is 12.3. The van der Waals surface area contributed by atoms with Gasteiger partial charge in [-0.05, 0) is 41.5 Å². The molecule has 1 N–H and O–H groups in total. The first kappa shape index (κ1) is 31.2. The SMILES string of the molecule is C.C=C/C=C\C=C.COC(=O)C(Cc1ccccc1)Nc1ccnc(-c2ccc(OCc3ccccc3)cc2)n1. The van der Waals surface area contributed by atoms with Gasteiger partial charge >= 0.3 is 5.97 Å². The molecule has 0 radical (unpaired) electrons. The number of nitrogens with zero attached hydrogens (tertiary/aromatic N) is 2. The molecule has 206 valence electrons. The lowest BCUT2D eigenvalue weighted by atomic mass is 10.1. The zero-order valence-electron chi connectivity index (χ0n) is 22.1. The molecule has 0 saturated carbocycles. The van der Waals surface area contributed by atoms with Crippen molar-refractivity contribution >= 4 is 11.8 Å². The molecule has 0 aliphatic rings. The summed E-state index contributed by atoms with van der Waals surface area (Å²) in [6.45, 7) is 7.43. The summed E-state index contributed by atoms with van der Waals surface area (Å²) in [5.41, 5.74) is 2.99. The number of rotatable bonds is 11.